The number of carbonyl (C=O) groups excluding carboxylic acids is 1. The predicted molar refractivity (Wildman–Crippen MR) is 114 cm³/mol. The van der Waals surface area contributed by atoms with E-state index in [1.807, 2.05) is 0 Å². The van der Waals surface area contributed by atoms with Gasteiger partial charge in [-0.3, -0.25) is 13.9 Å². The Morgan fingerprint density at radius 1 is 1.29 bits per heavy atom. The van der Waals surface area contributed by atoms with Crippen molar-refractivity contribution in [1.82, 2.24) is 4.57 Å². The van der Waals surface area contributed by atoms with Crippen LogP contribution in [0.4, 0.5) is 11.4 Å². The van der Waals surface area contributed by atoms with E-state index in [1.165, 1.54) is 4.57 Å². The first kappa shape index (κ1) is 20.4. The summed E-state index contributed by atoms with van der Waals surface area (Å²) in [7, 11) is -2.03. The average Bonchev–Trinajstić information content (AvgIpc) is 2.88. The van der Waals surface area contributed by atoms with Crippen LogP contribution in [0.2, 0.25) is 5.02 Å². The fourth-order valence-corrected chi connectivity index (χ4v) is 4.79. The van der Waals surface area contributed by atoms with Crippen molar-refractivity contribution in [1.29, 1.82) is 0 Å². The molecule has 0 radical (unpaired) electrons. The first-order chi connectivity index (χ1) is 13.1. The number of fused-ring (bicyclic) bond motifs is 1. The zero-order valence-corrected chi connectivity index (χ0v) is 17.8. The van der Waals surface area contributed by atoms with Gasteiger partial charge in [0.25, 0.3) is 0 Å². The van der Waals surface area contributed by atoms with E-state index in [-0.39, 0.29) is 4.87 Å². The van der Waals surface area contributed by atoms with E-state index in [0.717, 1.165) is 32.1 Å². The number of nitrogens with zero attached hydrogens (tertiary/aromatic N) is 2. The van der Waals surface area contributed by atoms with E-state index in [0.29, 0.717) is 22.0 Å². The number of carbonyl (C=O) groups is 1. The van der Waals surface area contributed by atoms with E-state index in [2.05, 4.69) is 5.32 Å². The number of aryl methyl sites for hydroxylation is 1. The molecule has 0 saturated heterocycles. The van der Waals surface area contributed by atoms with E-state index in [1.54, 1.807) is 50.4 Å². The molecular formula is C18H18ClN3O4S2. The standard InChI is InChI=1S/C18H18ClN3O4S2/c1-11-13(19)5-4-6-14(11)22(28(3,25)26)10-17(23)20-12-7-8-15-16(9-12)27-18(24)21(15)2/h4-9H,10H2,1-3H3,(H,20,23). The molecule has 3 aromatic rings. The summed E-state index contributed by atoms with van der Waals surface area (Å²) in [5.41, 5.74) is 2.16. The molecule has 148 valence electrons. The van der Waals surface area contributed by atoms with Crippen LogP contribution in [0, 0.1) is 6.92 Å². The summed E-state index contributed by atoms with van der Waals surface area (Å²) < 4.78 is 27.8. The lowest BCUT2D eigenvalue weighted by atomic mass is 10.2. The molecule has 0 saturated carbocycles. The van der Waals surface area contributed by atoms with Gasteiger partial charge in [0, 0.05) is 17.8 Å². The molecule has 3 rings (SSSR count). The minimum atomic E-state index is -3.71. The molecule has 28 heavy (non-hydrogen) atoms. The summed E-state index contributed by atoms with van der Waals surface area (Å²) in [6.45, 7) is 1.29. The molecule has 0 unspecified atom stereocenters. The van der Waals surface area contributed by atoms with Gasteiger partial charge in [-0.2, -0.15) is 0 Å². The molecule has 0 aliphatic rings. The highest BCUT2D eigenvalue weighted by atomic mass is 35.5. The molecule has 1 heterocycles. The van der Waals surface area contributed by atoms with E-state index in [9.17, 15) is 18.0 Å². The first-order valence-electron chi connectivity index (χ1n) is 8.20. The van der Waals surface area contributed by atoms with Crippen LogP contribution in [-0.2, 0) is 21.9 Å². The SMILES string of the molecule is Cc1c(Cl)cccc1N(CC(=O)Nc1ccc2c(c1)sc(=O)n2C)S(C)(=O)=O. The number of nitrogens with one attached hydrogen (secondary N) is 1. The number of hydrogen-bond donors (Lipinski definition) is 1. The average molecular weight is 440 g/mol. The second kappa shape index (κ2) is 7.57. The lowest BCUT2D eigenvalue weighted by Crippen LogP contribution is -2.37. The maximum atomic E-state index is 12.5. The van der Waals surface area contributed by atoms with Crippen LogP contribution in [0.5, 0.6) is 0 Å². The molecule has 0 spiro atoms. The molecule has 7 nitrogen and oxygen atoms in total. The van der Waals surface area contributed by atoms with Crippen molar-refractivity contribution < 1.29 is 13.2 Å². The minimum absolute atomic E-state index is 0.0989. The van der Waals surface area contributed by atoms with Gasteiger partial charge in [-0.1, -0.05) is 29.0 Å². The van der Waals surface area contributed by atoms with Crippen molar-refractivity contribution in [2.75, 3.05) is 22.4 Å². The monoisotopic (exact) mass is 439 g/mol. The Hall–Kier alpha value is -2.36. The van der Waals surface area contributed by atoms with Crippen LogP contribution in [0.25, 0.3) is 10.2 Å². The number of aromatic nitrogens is 1. The summed E-state index contributed by atoms with van der Waals surface area (Å²) >= 11 is 7.17. The molecule has 0 bridgehead atoms. The number of benzene rings is 2. The number of amides is 1. The molecule has 1 amide bonds. The van der Waals surface area contributed by atoms with Crippen LogP contribution >= 0.6 is 22.9 Å². The van der Waals surface area contributed by atoms with Crippen molar-refractivity contribution >= 4 is 60.5 Å². The number of rotatable bonds is 5. The zero-order valence-electron chi connectivity index (χ0n) is 15.4. The van der Waals surface area contributed by atoms with Crippen molar-refractivity contribution in [2.45, 2.75) is 6.92 Å². The molecule has 0 aliphatic heterocycles. The zero-order chi connectivity index (χ0) is 20.6. The number of halogens is 1. The molecule has 0 atom stereocenters. The van der Waals surface area contributed by atoms with Gasteiger partial charge >= 0.3 is 4.87 Å². The highest BCUT2D eigenvalue weighted by molar-refractivity contribution is 7.92. The van der Waals surface area contributed by atoms with Gasteiger partial charge in [0.15, 0.2) is 0 Å². The quantitative estimate of drug-likeness (QED) is 0.661. The summed E-state index contributed by atoms with van der Waals surface area (Å²) in [5, 5.41) is 3.10. The maximum Gasteiger partial charge on any atom is 0.307 e. The minimum Gasteiger partial charge on any atom is -0.324 e. The van der Waals surface area contributed by atoms with E-state index in [4.69, 9.17) is 11.6 Å². The lowest BCUT2D eigenvalue weighted by molar-refractivity contribution is -0.114. The van der Waals surface area contributed by atoms with Crippen molar-refractivity contribution in [3.05, 3.63) is 56.7 Å². The third kappa shape index (κ3) is 4.06. The lowest BCUT2D eigenvalue weighted by Gasteiger charge is -2.24. The largest absolute Gasteiger partial charge is 0.324 e. The summed E-state index contributed by atoms with van der Waals surface area (Å²) in [5.74, 6) is -0.507. The van der Waals surface area contributed by atoms with Gasteiger partial charge < -0.3 is 9.88 Å². The van der Waals surface area contributed by atoms with Gasteiger partial charge in [-0.25, -0.2) is 8.42 Å². The third-order valence-corrected chi connectivity index (χ3v) is 6.80. The second-order valence-electron chi connectivity index (χ2n) is 6.31. The Morgan fingerprint density at radius 2 is 2.00 bits per heavy atom. The van der Waals surface area contributed by atoms with Crippen LogP contribution in [0.15, 0.2) is 41.2 Å². The fraction of sp³-hybridized carbons (Fsp3) is 0.222. The Labute approximate surface area is 171 Å². The normalized spacial score (nSPS) is 11.6. The molecule has 10 heteroatoms. The van der Waals surface area contributed by atoms with Crippen LogP contribution in [0.1, 0.15) is 5.56 Å². The Morgan fingerprint density at radius 3 is 2.68 bits per heavy atom. The molecular weight excluding hydrogens is 422 g/mol. The van der Waals surface area contributed by atoms with E-state index < -0.39 is 22.5 Å². The van der Waals surface area contributed by atoms with Gasteiger partial charge in [-0.05, 0) is 42.8 Å². The van der Waals surface area contributed by atoms with Crippen molar-refractivity contribution in [3.63, 3.8) is 0 Å². The molecule has 2 aromatic carbocycles. The fourth-order valence-electron chi connectivity index (χ4n) is 2.79. The summed E-state index contributed by atoms with van der Waals surface area (Å²) in [4.78, 5) is 24.2. The number of anilines is 2. The van der Waals surface area contributed by atoms with Gasteiger partial charge in [0.2, 0.25) is 15.9 Å². The number of hydrogen-bond acceptors (Lipinski definition) is 5. The van der Waals surface area contributed by atoms with Gasteiger partial charge in [0.05, 0.1) is 22.2 Å². The van der Waals surface area contributed by atoms with Crippen LogP contribution in [0.3, 0.4) is 0 Å². The third-order valence-electron chi connectivity index (χ3n) is 4.27. The summed E-state index contributed by atoms with van der Waals surface area (Å²) in [6.07, 6.45) is 1.04. The van der Waals surface area contributed by atoms with E-state index >= 15 is 0 Å². The van der Waals surface area contributed by atoms with Crippen LogP contribution < -0.4 is 14.5 Å². The Balaban J connectivity index is 1.87. The molecule has 0 aliphatic carbocycles. The number of sulfonamides is 1. The van der Waals surface area contributed by atoms with Crippen molar-refractivity contribution in [2.24, 2.45) is 7.05 Å². The molecule has 1 aromatic heterocycles. The first-order valence-corrected chi connectivity index (χ1v) is 11.2. The van der Waals surface area contributed by atoms with Crippen LogP contribution in [-0.4, -0.2) is 31.7 Å². The second-order valence-corrected chi connectivity index (χ2v) is 9.62. The Kier molecular flexibility index (Phi) is 5.51. The smallest absolute Gasteiger partial charge is 0.307 e. The van der Waals surface area contributed by atoms with Gasteiger partial charge in [-0.15, -0.1) is 0 Å². The molecule has 1 N–H and O–H groups in total. The van der Waals surface area contributed by atoms with Gasteiger partial charge in [0.1, 0.15) is 6.54 Å². The Bertz CT molecular complexity index is 1230. The number of thiazole rings is 1. The predicted octanol–water partition coefficient (Wildman–Crippen LogP) is 2.97. The highest BCUT2D eigenvalue weighted by Gasteiger charge is 2.23. The maximum absolute atomic E-state index is 12.5. The highest BCUT2D eigenvalue weighted by Crippen LogP contribution is 2.28. The summed E-state index contributed by atoms with van der Waals surface area (Å²) in [6, 6.07) is 9.98. The van der Waals surface area contributed by atoms with Crippen molar-refractivity contribution in [3.8, 4) is 0 Å². The molecule has 0 fully saturated rings. The topological polar surface area (TPSA) is 88.5 Å².